The zero-order valence-corrected chi connectivity index (χ0v) is 31.3. The summed E-state index contributed by atoms with van der Waals surface area (Å²) in [6, 6.07) is 42.9. The first-order chi connectivity index (χ1) is 29.2. The highest BCUT2D eigenvalue weighted by Crippen LogP contribution is 2.44. The fraction of sp³-hybridized carbons (Fsp3) is 0. The molecule has 0 radical (unpaired) electrons. The number of aromatic hydroxyl groups is 2. The number of azo groups is 2. The highest BCUT2D eigenvalue weighted by atomic mass is 16.3. The number of phenols is 2. The number of carbonyl (C=O) groups is 4. The summed E-state index contributed by atoms with van der Waals surface area (Å²) in [5, 5.41) is 48.2. The standard InChI is InChI=1S/C48H30N6O6/c55-26-27-9-8-14-31(21-27)50-48(60)41-23-29-11-5-7-16-35(29)43(46(41)58)54-52-33-18-20-37-36-19-17-32(24-38(36)44(56)39(37)25-33)51-53-42-34-15-6-4-10-28(34)22-40(45(42)57)47(59)49-30-12-2-1-3-13-30/h1-26,57-58H,(H,49,59)(H,50,60). The predicted molar refractivity (Wildman–Crippen MR) is 229 cm³/mol. The van der Waals surface area contributed by atoms with E-state index in [1.165, 1.54) is 6.07 Å². The van der Waals surface area contributed by atoms with Crippen molar-refractivity contribution in [3.63, 3.8) is 0 Å². The highest BCUT2D eigenvalue weighted by molar-refractivity contribution is 6.22. The second-order valence-corrected chi connectivity index (χ2v) is 13.9. The second-order valence-electron chi connectivity index (χ2n) is 13.9. The van der Waals surface area contributed by atoms with E-state index in [4.69, 9.17) is 0 Å². The molecule has 8 aromatic carbocycles. The molecule has 1 aliphatic carbocycles. The van der Waals surface area contributed by atoms with Gasteiger partial charge in [-0.2, -0.15) is 10.2 Å². The lowest BCUT2D eigenvalue weighted by molar-refractivity contribution is 0.101. The molecule has 0 unspecified atom stereocenters. The summed E-state index contributed by atoms with van der Waals surface area (Å²) in [6.07, 6.45) is 0.671. The van der Waals surface area contributed by atoms with E-state index in [0.717, 1.165) is 0 Å². The van der Waals surface area contributed by atoms with Gasteiger partial charge in [-0.1, -0.05) is 91.0 Å². The molecule has 60 heavy (non-hydrogen) atoms. The first kappa shape index (κ1) is 37.0. The minimum atomic E-state index is -0.609. The number of anilines is 2. The van der Waals surface area contributed by atoms with Gasteiger partial charge in [-0.3, -0.25) is 19.2 Å². The quantitative estimate of drug-likeness (QED) is 0.0833. The molecular formula is C48H30N6O6. The van der Waals surface area contributed by atoms with Gasteiger partial charge in [0.05, 0.1) is 22.5 Å². The number of rotatable bonds is 9. The average molecular weight is 787 g/mol. The maximum absolute atomic E-state index is 13.8. The Morgan fingerprint density at radius 2 is 0.967 bits per heavy atom. The highest BCUT2D eigenvalue weighted by Gasteiger charge is 2.28. The van der Waals surface area contributed by atoms with Crippen molar-refractivity contribution in [2.24, 2.45) is 20.5 Å². The SMILES string of the molecule is O=Cc1cccc(NC(=O)c2cc3ccccc3c(N=Nc3ccc4c(c3)C(=O)c3cc(N=Nc5c(O)c(C(=O)Nc6ccccc6)cc6ccccc56)ccc3-4)c2O)c1. The molecule has 4 N–H and O–H groups in total. The molecule has 9 rings (SSSR count). The third kappa shape index (κ3) is 6.90. The van der Waals surface area contributed by atoms with Gasteiger partial charge in [0, 0.05) is 38.8 Å². The Morgan fingerprint density at radius 1 is 0.483 bits per heavy atom. The van der Waals surface area contributed by atoms with Crippen LogP contribution in [0.2, 0.25) is 0 Å². The lowest BCUT2D eigenvalue weighted by Gasteiger charge is -2.11. The third-order valence-electron chi connectivity index (χ3n) is 10.1. The lowest BCUT2D eigenvalue weighted by Crippen LogP contribution is -2.12. The fourth-order valence-electron chi connectivity index (χ4n) is 7.19. The Morgan fingerprint density at radius 3 is 1.50 bits per heavy atom. The normalized spacial score (nSPS) is 11.9. The molecule has 12 nitrogen and oxygen atoms in total. The fourth-order valence-corrected chi connectivity index (χ4v) is 7.19. The summed E-state index contributed by atoms with van der Waals surface area (Å²) in [5.41, 5.74) is 4.30. The van der Waals surface area contributed by atoms with Gasteiger partial charge in [0.2, 0.25) is 0 Å². The van der Waals surface area contributed by atoms with Crippen LogP contribution in [0.1, 0.15) is 47.0 Å². The van der Waals surface area contributed by atoms with Crippen molar-refractivity contribution in [1.29, 1.82) is 0 Å². The van der Waals surface area contributed by atoms with Crippen molar-refractivity contribution >= 4 is 79.6 Å². The summed E-state index contributed by atoms with van der Waals surface area (Å²) >= 11 is 0. The van der Waals surface area contributed by atoms with E-state index in [1.807, 2.05) is 18.2 Å². The molecule has 0 atom stereocenters. The van der Waals surface area contributed by atoms with E-state index >= 15 is 0 Å². The molecule has 2 amide bonds. The Labute approximate surface area is 341 Å². The van der Waals surface area contributed by atoms with Gasteiger partial charge < -0.3 is 20.8 Å². The van der Waals surface area contributed by atoms with Crippen LogP contribution in [0.3, 0.4) is 0 Å². The van der Waals surface area contributed by atoms with Gasteiger partial charge >= 0.3 is 0 Å². The number of hydrogen-bond donors (Lipinski definition) is 4. The zero-order chi connectivity index (χ0) is 41.3. The molecule has 12 heteroatoms. The number of phenolic OH excluding ortho intramolecular Hbond substituents is 2. The summed E-state index contributed by atoms with van der Waals surface area (Å²) in [6.45, 7) is 0. The molecule has 0 heterocycles. The van der Waals surface area contributed by atoms with E-state index in [1.54, 1.807) is 127 Å². The average Bonchev–Trinajstić information content (AvgIpc) is 3.55. The maximum atomic E-state index is 13.8. The van der Waals surface area contributed by atoms with Crippen LogP contribution in [0.4, 0.5) is 34.1 Å². The molecule has 0 saturated carbocycles. The van der Waals surface area contributed by atoms with Gasteiger partial charge in [-0.05, 0) is 82.6 Å². The van der Waals surface area contributed by atoms with Crippen LogP contribution in [0.25, 0.3) is 32.7 Å². The van der Waals surface area contributed by atoms with Crippen molar-refractivity contribution in [2.75, 3.05) is 10.6 Å². The van der Waals surface area contributed by atoms with E-state index in [-0.39, 0.29) is 34.0 Å². The molecule has 0 aromatic heterocycles. The van der Waals surface area contributed by atoms with Gasteiger partial charge in [-0.25, -0.2) is 0 Å². The number of hydrogen-bond acceptors (Lipinski definition) is 10. The Bertz CT molecular complexity index is 3160. The Balaban J connectivity index is 0.992. The number of aldehydes is 1. The third-order valence-corrected chi connectivity index (χ3v) is 10.1. The zero-order valence-electron chi connectivity index (χ0n) is 31.3. The molecule has 0 aliphatic heterocycles. The predicted octanol–water partition coefficient (Wildman–Crippen LogP) is 11.8. The molecule has 0 saturated heterocycles. The Hall–Kier alpha value is -8.64. The van der Waals surface area contributed by atoms with E-state index in [2.05, 4.69) is 31.1 Å². The van der Waals surface area contributed by atoms with E-state index < -0.39 is 17.6 Å². The van der Waals surface area contributed by atoms with Crippen LogP contribution >= 0.6 is 0 Å². The van der Waals surface area contributed by atoms with Gasteiger partial charge in [0.15, 0.2) is 17.3 Å². The summed E-state index contributed by atoms with van der Waals surface area (Å²) < 4.78 is 0. The molecule has 0 spiro atoms. The number of nitrogens with one attached hydrogen (secondary N) is 2. The smallest absolute Gasteiger partial charge is 0.259 e. The van der Waals surface area contributed by atoms with Crippen LogP contribution < -0.4 is 10.6 Å². The number of ketones is 1. The van der Waals surface area contributed by atoms with Gasteiger partial charge in [0.25, 0.3) is 11.8 Å². The number of benzene rings is 8. The van der Waals surface area contributed by atoms with Crippen LogP contribution in [0.5, 0.6) is 11.5 Å². The Kier molecular flexibility index (Phi) is 9.47. The largest absolute Gasteiger partial charge is 0.505 e. The number of fused-ring (bicyclic) bond motifs is 5. The lowest BCUT2D eigenvalue weighted by atomic mass is 10.0. The number of amides is 2. The summed E-state index contributed by atoms with van der Waals surface area (Å²) in [4.78, 5) is 51.7. The second kappa shape index (κ2) is 15.4. The van der Waals surface area contributed by atoms with Crippen LogP contribution in [0, 0.1) is 0 Å². The monoisotopic (exact) mass is 786 g/mol. The first-order valence-electron chi connectivity index (χ1n) is 18.6. The van der Waals surface area contributed by atoms with Crippen molar-refractivity contribution in [3.05, 3.63) is 179 Å². The molecule has 1 aliphatic rings. The van der Waals surface area contributed by atoms with E-state index in [9.17, 15) is 29.4 Å². The van der Waals surface area contributed by atoms with Crippen molar-refractivity contribution < 1.29 is 29.4 Å². The molecule has 0 bridgehead atoms. The number of carbonyl (C=O) groups excluding carboxylic acids is 4. The van der Waals surface area contributed by atoms with E-state index in [0.29, 0.717) is 78.4 Å². The van der Waals surface area contributed by atoms with Gasteiger partial charge in [0.1, 0.15) is 17.7 Å². The van der Waals surface area contributed by atoms with Crippen LogP contribution in [0.15, 0.2) is 172 Å². The maximum Gasteiger partial charge on any atom is 0.259 e. The minimum absolute atomic E-state index is 0.0266. The van der Waals surface area contributed by atoms with Crippen molar-refractivity contribution in [2.45, 2.75) is 0 Å². The molecule has 0 fully saturated rings. The molecule has 288 valence electrons. The van der Waals surface area contributed by atoms with Crippen LogP contribution in [-0.2, 0) is 0 Å². The summed E-state index contributed by atoms with van der Waals surface area (Å²) in [5.74, 6) is -2.12. The van der Waals surface area contributed by atoms with Crippen molar-refractivity contribution in [3.8, 4) is 22.6 Å². The van der Waals surface area contributed by atoms with Crippen molar-refractivity contribution in [1.82, 2.24) is 0 Å². The first-order valence-corrected chi connectivity index (χ1v) is 18.6. The topological polar surface area (TPSA) is 182 Å². The number of nitrogens with zero attached hydrogens (tertiary/aromatic N) is 4. The minimum Gasteiger partial charge on any atom is -0.505 e. The summed E-state index contributed by atoms with van der Waals surface area (Å²) in [7, 11) is 0. The molecular weight excluding hydrogens is 757 g/mol. The van der Waals surface area contributed by atoms with Crippen LogP contribution in [-0.4, -0.2) is 34.1 Å². The number of para-hydroxylation sites is 1. The van der Waals surface area contributed by atoms with Gasteiger partial charge in [-0.15, -0.1) is 10.2 Å². The molecule has 8 aromatic rings.